The quantitative estimate of drug-likeness (QED) is 0.320. The van der Waals surface area contributed by atoms with Gasteiger partial charge in [0, 0.05) is 17.9 Å². The molecule has 2 aromatic carbocycles. The summed E-state index contributed by atoms with van der Waals surface area (Å²) in [5.41, 5.74) is 0.393. The lowest BCUT2D eigenvalue weighted by Gasteiger charge is -2.13. The molecule has 5 nitrogen and oxygen atoms in total. The first-order chi connectivity index (χ1) is 13.1. The highest BCUT2D eigenvalue weighted by molar-refractivity contribution is 7.99. The molecule has 27 heavy (non-hydrogen) atoms. The van der Waals surface area contributed by atoms with Gasteiger partial charge in [-0.25, -0.2) is 9.37 Å². The van der Waals surface area contributed by atoms with Crippen LogP contribution in [0.5, 0.6) is 5.75 Å². The normalized spacial score (nSPS) is 11.1. The molecular formula is C19H18ClFN2O3S. The highest BCUT2D eigenvalue weighted by Gasteiger charge is 2.12. The van der Waals surface area contributed by atoms with Gasteiger partial charge in [0.1, 0.15) is 0 Å². The third-order valence-electron chi connectivity index (χ3n) is 3.81. The van der Waals surface area contributed by atoms with Gasteiger partial charge in [-0.15, -0.1) is 0 Å². The van der Waals surface area contributed by atoms with Gasteiger partial charge in [-0.1, -0.05) is 35.5 Å². The Bertz CT molecular complexity index is 996. The highest BCUT2D eigenvalue weighted by Crippen LogP contribution is 2.21. The van der Waals surface area contributed by atoms with Crippen LogP contribution in [0, 0.1) is 5.82 Å². The monoisotopic (exact) mass is 408 g/mol. The van der Waals surface area contributed by atoms with E-state index in [0.717, 1.165) is 0 Å². The number of para-hydroxylation sites is 1. The van der Waals surface area contributed by atoms with Crippen molar-refractivity contribution in [3.8, 4) is 5.75 Å². The number of fused-ring (bicyclic) bond motifs is 1. The molecule has 0 aliphatic rings. The van der Waals surface area contributed by atoms with E-state index in [9.17, 15) is 9.18 Å². The molecule has 0 aliphatic carbocycles. The number of hydrogen-bond donors (Lipinski definition) is 0. The maximum absolute atomic E-state index is 13.6. The SMILES string of the molecule is COCCn1c(SCCOc2ccccc2F)nc2cc(Cl)ccc2c1=O. The smallest absolute Gasteiger partial charge is 0.262 e. The Kier molecular flexibility index (Phi) is 6.71. The average molecular weight is 409 g/mol. The standard InChI is InChI=1S/C19H18ClFN2O3S/c1-25-9-8-23-18(24)14-7-6-13(20)12-16(14)22-19(23)27-11-10-26-17-5-3-2-4-15(17)21/h2-7,12H,8-11H2,1H3. The predicted octanol–water partition coefficient (Wildman–Crippen LogP) is 4.01. The largest absolute Gasteiger partial charge is 0.490 e. The van der Waals surface area contributed by atoms with E-state index in [-0.39, 0.29) is 17.9 Å². The van der Waals surface area contributed by atoms with Gasteiger partial charge in [0.05, 0.1) is 30.7 Å². The van der Waals surface area contributed by atoms with E-state index in [0.29, 0.717) is 40.0 Å². The fourth-order valence-corrected chi connectivity index (χ4v) is 3.52. The first-order valence-corrected chi connectivity index (χ1v) is 9.65. The van der Waals surface area contributed by atoms with Gasteiger partial charge < -0.3 is 9.47 Å². The number of aromatic nitrogens is 2. The van der Waals surface area contributed by atoms with Crippen molar-refractivity contribution in [2.45, 2.75) is 11.7 Å². The fourth-order valence-electron chi connectivity index (χ4n) is 2.51. The maximum atomic E-state index is 13.6. The third kappa shape index (κ3) is 4.80. The number of benzene rings is 2. The van der Waals surface area contributed by atoms with Crippen LogP contribution in [0.4, 0.5) is 4.39 Å². The summed E-state index contributed by atoms with van der Waals surface area (Å²) >= 11 is 7.39. The summed E-state index contributed by atoms with van der Waals surface area (Å²) in [5.74, 6) is 0.297. The van der Waals surface area contributed by atoms with Gasteiger partial charge in [0.15, 0.2) is 16.7 Å². The number of nitrogens with zero attached hydrogens (tertiary/aromatic N) is 2. The number of methoxy groups -OCH3 is 1. The van der Waals surface area contributed by atoms with Gasteiger partial charge in [0.25, 0.3) is 5.56 Å². The molecule has 0 bridgehead atoms. The minimum Gasteiger partial charge on any atom is -0.490 e. The van der Waals surface area contributed by atoms with Gasteiger partial charge in [-0.3, -0.25) is 9.36 Å². The van der Waals surface area contributed by atoms with Crippen LogP contribution in [-0.4, -0.2) is 35.6 Å². The van der Waals surface area contributed by atoms with Crippen molar-refractivity contribution in [2.75, 3.05) is 26.1 Å². The van der Waals surface area contributed by atoms with Crippen LogP contribution in [-0.2, 0) is 11.3 Å². The molecule has 0 aliphatic heterocycles. The average Bonchev–Trinajstić information content (AvgIpc) is 2.66. The molecule has 0 N–H and O–H groups in total. The molecule has 0 fully saturated rings. The number of hydrogen-bond acceptors (Lipinski definition) is 5. The Morgan fingerprint density at radius 2 is 2.04 bits per heavy atom. The molecule has 0 atom stereocenters. The van der Waals surface area contributed by atoms with E-state index in [1.54, 1.807) is 48.1 Å². The molecule has 8 heteroatoms. The summed E-state index contributed by atoms with van der Waals surface area (Å²) in [6.07, 6.45) is 0. The van der Waals surface area contributed by atoms with Crippen molar-refractivity contribution in [3.63, 3.8) is 0 Å². The van der Waals surface area contributed by atoms with E-state index >= 15 is 0 Å². The van der Waals surface area contributed by atoms with Crippen molar-refractivity contribution in [3.05, 3.63) is 63.7 Å². The first kappa shape index (κ1) is 19.7. The Morgan fingerprint density at radius 3 is 2.81 bits per heavy atom. The van der Waals surface area contributed by atoms with E-state index < -0.39 is 5.82 Å². The van der Waals surface area contributed by atoms with Crippen molar-refractivity contribution < 1.29 is 13.9 Å². The topological polar surface area (TPSA) is 53.4 Å². The molecule has 142 valence electrons. The Hall–Kier alpha value is -2.09. The summed E-state index contributed by atoms with van der Waals surface area (Å²) in [5, 5.41) is 1.56. The van der Waals surface area contributed by atoms with Crippen molar-refractivity contribution in [1.29, 1.82) is 0 Å². The lowest BCUT2D eigenvalue weighted by Crippen LogP contribution is -2.25. The van der Waals surface area contributed by atoms with Crippen LogP contribution in [0.15, 0.2) is 52.4 Å². The lowest BCUT2D eigenvalue weighted by atomic mass is 10.2. The van der Waals surface area contributed by atoms with Gasteiger partial charge >= 0.3 is 0 Å². The van der Waals surface area contributed by atoms with Crippen LogP contribution in [0.2, 0.25) is 5.02 Å². The van der Waals surface area contributed by atoms with Crippen molar-refractivity contribution in [1.82, 2.24) is 9.55 Å². The van der Waals surface area contributed by atoms with Gasteiger partial charge in [-0.05, 0) is 30.3 Å². The maximum Gasteiger partial charge on any atom is 0.262 e. The number of thioether (sulfide) groups is 1. The zero-order valence-electron chi connectivity index (χ0n) is 14.7. The van der Waals surface area contributed by atoms with Crippen LogP contribution in [0.25, 0.3) is 10.9 Å². The summed E-state index contributed by atoms with van der Waals surface area (Å²) in [6.45, 7) is 1.05. The minimum atomic E-state index is -0.405. The van der Waals surface area contributed by atoms with Crippen LogP contribution in [0.3, 0.4) is 0 Å². The molecule has 0 saturated carbocycles. The number of halogens is 2. The Morgan fingerprint density at radius 1 is 1.22 bits per heavy atom. The van der Waals surface area contributed by atoms with Gasteiger partial charge in [0.2, 0.25) is 0 Å². The van der Waals surface area contributed by atoms with Crippen LogP contribution in [0.1, 0.15) is 0 Å². The zero-order valence-corrected chi connectivity index (χ0v) is 16.2. The fraction of sp³-hybridized carbons (Fsp3) is 0.263. The molecule has 0 amide bonds. The summed E-state index contributed by atoms with van der Waals surface area (Å²) in [7, 11) is 1.58. The minimum absolute atomic E-state index is 0.147. The zero-order chi connectivity index (χ0) is 19.2. The second-order valence-electron chi connectivity index (χ2n) is 5.63. The highest BCUT2D eigenvalue weighted by atomic mass is 35.5. The summed E-state index contributed by atoms with van der Waals surface area (Å²) < 4.78 is 25.7. The molecule has 1 heterocycles. The van der Waals surface area contributed by atoms with Crippen molar-refractivity contribution in [2.24, 2.45) is 0 Å². The third-order valence-corrected chi connectivity index (χ3v) is 4.99. The van der Waals surface area contributed by atoms with E-state index in [1.165, 1.54) is 17.8 Å². The van der Waals surface area contributed by atoms with Gasteiger partial charge in [-0.2, -0.15) is 0 Å². The summed E-state index contributed by atoms with van der Waals surface area (Å²) in [4.78, 5) is 17.4. The lowest BCUT2D eigenvalue weighted by molar-refractivity contribution is 0.183. The van der Waals surface area contributed by atoms with E-state index in [1.807, 2.05) is 0 Å². The molecule has 1 aromatic heterocycles. The molecular weight excluding hydrogens is 391 g/mol. The number of ether oxygens (including phenoxy) is 2. The van der Waals surface area contributed by atoms with E-state index in [4.69, 9.17) is 21.1 Å². The molecule has 0 saturated heterocycles. The predicted molar refractivity (Wildman–Crippen MR) is 106 cm³/mol. The molecule has 0 spiro atoms. The second-order valence-corrected chi connectivity index (χ2v) is 7.13. The van der Waals surface area contributed by atoms with Crippen LogP contribution >= 0.6 is 23.4 Å². The first-order valence-electron chi connectivity index (χ1n) is 8.29. The van der Waals surface area contributed by atoms with E-state index in [2.05, 4.69) is 4.98 Å². The number of rotatable bonds is 8. The van der Waals surface area contributed by atoms with Crippen molar-refractivity contribution >= 4 is 34.3 Å². The summed E-state index contributed by atoms with van der Waals surface area (Å²) in [6, 6.07) is 11.2. The second kappa shape index (κ2) is 9.21. The molecule has 0 unspecified atom stereocenters. The molecule has 3 aromatic rings. The molecule has 0 radical (unpaired) electrons. The van der Waals surface area contributed by atoms with Crippen LogP contribution < -0.4 is 10.3 Å². The molecule has 3 rings (SSSR count). The Labute approximate surface area is 165 Å². The Balaban J connectivity index is 1.79.